The molecule has 3 heterocycles. The number of carboxylic acid groups (broad SMARTS) is 1. The van der Waals surface area contributed by atoms with Crippen LogP contribution in [0.15, 0.2) is 48.7 Å². The predicted octanol–water partition coefficient (Wildman–Crippen LogP) is 3.38. The number of anilines is 1. The van der Waals surface area contributed by atoms with Crippen molar-refractivity contribution in [2.45, 2.75) is 13.0 Å². The number of aryl methyl sites for hydroxylation is 1. The number of hydrogen-bond donors (Lipinski definition) is 2. The maximum atomic E-state index is 12.3. The van der Waals surface area contributed by atoms with E-state index in [9.17, 15) is 9.90 Å². The first-order valence-corrected chi connectivity index (χ1v) is 10.7. The van der Waals surface area contributed by atoms with Crippen LogP contribution in [0.25, 0.3) is 21.9 Å². The number of rotatable bonds is 5. The molecule has 2 N–H and O–H groups in total. The van der Waals surface area contributed by atoms with E-state index in [-0.39, 0.29) is 0 Å². The summed E-state index contributed by atoms with van der Waals surface area (Å²) in [5, 5.41) is 11.0. The molecule has 1 aliphatic heterocycles. The molecule has 164 valence electrons. The normalized spacial score (nSPS) is 15.9. The van der Waals surface area contributed by atoms with Crippen LogP contribution in [-0.2, 0) is 4.79 Å². The first kappa shape index (κ1) is 20.3. The highest BCUT2D eigenvalue weighted by molar-refractivity contribution is 5.90. The zero-order valence-electron chi connectivity index (χ0n) is 18.1. The van der Waals surface area contributed by atoms with Crippen molar-refractivity contribution in [1.29, 1.82) is 0 Å². The highest BCUT2D eigenvalue weighted by Crippen LogP contribution is 2.32. The lowest BCUT2D eigenvalue weighted by Crippen LogP contribution is -2.49. The predicted molar refractivity (Wildman–Crippen MR) is 123 cm³/mol. The molecule has 4 aromatic rings. The summed E-state index contributed by atoms with van der Waals surface area (Å²) < 4.78 is 5.34. The van der Waals surface area contributed by atoms with Crippen molar-refractivity contribution in [3.8, 4) is 5.75 Å². The van der Waals surface area contributed by atoms with E-state index >= 15 is 0 Å². The summed E-state index contributed by atoms with van der Waals surface area (Å²) in [4.78, 5) is 29.3. The monoisotopic (exact) mass is 431 g/mol. The van der Waals surface area contributed by atoms with Gasteiger partial charge in [0, 0.05) is 48.8 Å². The van der Waals surface area contributed by atoms with E-state index < -0.39 is 12.0 Å². The minimum atomic E-state index is -0.858. The molecular weight excluding hydrogens is 406 g/mol. The fraction of sp³-hybridized carbons (Fsp3) is 0.292. The smallest absolute Gasteiger partial charge is 0.325 e. The summed E-state index contributed by atoms with van der Waals surface area (Å²) in [7, 11) is 1.61. The molecular formula is C24H25N5O3. The number of benzene rings is 2. The van der Waals surface area contributed by atoms with Crippen molar-refractivity contribution in [2.75, 3.05) is 38.2 Å². The number of para-hydroxylation sites is 2. The van der Waals surface area contributed by atoms with Crippen molar-refractivity contribution < 1.29 is 14.6 Å². The van der Waals surface area contributed by atoms with Crippen LogP contribution in [0.1, 0.15) is 17.3 Å². The number of aliphatic carboxylic acids is 1. The third-order valence-electron chi connectivity index (χ3n) is 6.15. The van der Waals surface area contributed by atoms with Crippen LogP contribution in [0.2, 0.25) is 0 Å². The number of fused-ring (bicyclic) bond motifs is 2. The van der Waals surface area contributed by atoms with Gasteiger partial charge in [0.2, 0.25) is 0 Å². The van der Waals surface area contributed by atoms with E-state index in [1.54, 1.807) is 13.3 Å². The molecule has 0 amide bonds. The number of aromatic amines is 1. The van der Waals surface area contributed by atoms with E-state index in [1.807, 2.05) is 54.3 Å². The maximum absolute atomic E-state index is 12.3. The van der Waals surface area contributed by atoms with Gasteiger partial charge < -0.3 is 19.7 Å². The fourth-order valence-electron chi connectivity index (χ4n) is 4.53. The Morgan fingerprint density at radius 1 is 1.09 bits per heavy atom. The van der Waals surface area contributed by atoms with Gasteiger partial charge in [0.25, 0.3) is 0 Å². The molecule has 0 saturated carbocycles. The zero-order valence-corrected chi connectivity index (χ0v) is 18.1. The van der Waals surface area contributed by atoms with Gasteiger partial charge >= 0.3 is 5.97 Å². The lowest BCUT2D eigenvalue weighted by molar-refractivity contribution is -0.143. The molecule has 0 unspecified atom stereocenters. The number of H-pyrrole nitrogens is 1. The molecule has 0 spiro atoms. The van der Waals surface area contributed by atoms with E-state index in [0.717, 1.165) is 39.0 Å². The lowest BCUT2D eigenvalue weighted by atomic mass is 10.0. The highest BCUT2D eigenvalue weighted by atomic mass is 16.5. The minimum Gasteiger partial charge on any atom is -0.497 e. The van der Waals surface area contributed by atoms with E-state index in [2.05, 4.69) is 9.88 Å². The molecule has 2 aromatic heterocycles. The number of ether oxygens (including phenoxy) is 1. The molecule has 1 aliphatic rings. The number of carbonyl (C=O) groups is 1. The van der Waals surface area contributed by atoms with Gasteiger partial charge in [-0.1, -0.05) is 12.1 Å². The Hall–Kier alpha value is -3.65. The quantitative estimate of drug-likeness (QED) is 0.500. The largest absolute Gasteiger partial charge is 0.497 e. The van der Waals surface area contributed by atoms with Crippen molar-refractivity contribution in [2.24, 2.45) is 0 Å². The molecule has 8 nitrogen and oxygen atoms in total. The lowest BCUT2D eigenvalue weighted by Gasteiger charge is -2.38. The van der Waals surface area contributed by atoms with Crippen LogP contribution in [0.3, 0.4) is 0 Å². The Morgan fingerprint density at radius 3 is 2.50 bits per heavy atom. The van der Waals surface area contributed by atoms with Crippen LogP contribution in [0.4, 0.5) is 5.82 Å². The topological polar surface area (TPSA) is 94.6 Å². The van der Waals surface area contributed by atoms with Gasteiger partial charge in [-0.05, 0) is 37.3 Å². The average Bonchev–Trinajstić information content (AvgIpc) is 3.22. The fourth-order valence-corrected chi connectivity index (χ4v) is 4.53. The van der Waals surface area contributed by atoms with Crippen LogP contribution in [0, 0.1) is 6.92 Å². The van der Waals surface area contributed by atoms with Crippen LogP contribution in [0.5, 0.6) is 5.75 Å². The summed E-state index contributed by atoms with van der Waals surface area (Å²) in [5.74, 6) is 0.716. The molecule has 5 rings (SSSR count). The number of hydrogen-bond acceptors (Lipinski definition) is 6. The standard InChI is InChI=1S/C24H25N5O3/c1-15-23(27-21-6-4-3-5-20(21)26-15)29-11-9-28(10-12-29)22(24(30)31)18-14-25-19-8-7-16(32-2)13-17(18)19/h3-8,13-14,22,25H,9-12H2,1-2H3,(H,30,31)/t22-/m1/s1. The molecule has 1 atom stereocenters. The SMILES string of the molecule is COc1ccc2[nH]cc([C@H](C(=O)O)N3CCN(c4nc5ccccc5nc4C)CC3)c2c1. The van der Waals surface area contributed by atoms with E-state index in [1.165, 1.54) is 0 Å². The third-order valence-corrected chi connectivity index (χ3v) is 6.15. The second-order valence-electron chi connectivity index (χ2n) is 8.04. The zero-order chi connectivity index (χ0) is 22.2. The number of aromatic nitrogens is 3. The van der Waals surface area contributed by atoms with Crippen LogP contribution in [-0.4, -0.2) is 64.2 Å². The van der Waals surface area contributed by atoms with Gasteiger partial charge in [-0.25, -0.2) is 9.97 Å². The summed E-state index contributed by atoms with van der Waals surface area (Å²) in [6.45, 7) is 4.57. The molecule has 8 heteroatoms. The van der Waals surface area contributed by atoms with Crippen molar-refractivity contribution >= 4 is 33.7 Å². The van der Waals surface area contributed by atoms with Gasteiger partial charge in [0.1, 0.15) is 11.8 Å². The average molecular weight is 431 g/mol. The number of piperazine rings is 1. The number of nitrogens with zero attached hydrogens (tertiary/aromatic N) is 4. The van der Waals surface area contributed by atoms with Gasteiger partial charge in [-0.3, -0.25) is 9.69 Å². The van der Waals surface area contributed by atoms with E-state index in [0.29, 0.717) is 31.9 Å². The van der Waals surface area contributed by atoms with Crippen LogP contribution >= 0.6 is 0 Å². The number of nitrogens with one attached hydrogen (secondary N) is 1. The van der Waals surface area contributed by atoms with Crippen LogP contribution < -0.4 is 9.64 Å². The summed E-state index contributed by atoms with van der Waals surface area (Å²) >= 11 is 0. The van der Waals surface area contributed by atoms with Gasteiger partial charge in [-0.2, -0.15) is 0 Å². The maximum Gasteiger partial charge on any atom is 0.325 e. The third kappa shape index (κ3) is 3.52. The second-order valence-corrected chi connectivity index (χ2v) is 8.04. The van der Waals surface area contributed by atoms with E-state index in [4.69, 9.17) is 14.7 Å². The van der Waals surface area contributed by atoms with Crippen molar-refractivity contribution in [3.63, 3.8) is 0 Å². The van der Waals surface area contributed by atoms with Crippen molar-refractivity contribution in [3.05, 3.63) is 59.9 Å². The van der Waals surface area contributed by atoms with Gasteiger partial charge in [-0.15, -0.1) is 0 Å². The first-order valence-electron chi connectivity index (χ1n) is 10.7. The van der Waals surface area contributed by atoms with Gasteiger partial charge in [0.15, 0.2) is 5.82 Å². The Balaban J connectivity index is 1.40. The molecule has 0 radical (unpaired) electrons. The number of carboxylic acids is 1. The number of methoxy groups -OCH3 is 1. The van der Waals surface area contributed by atoms with Gasteiger partial charge in [0.05, 0.1) is 23.8 Å². The molecule has 1 fully saturated rings. The summed E-state index contributed by atoms with van der Waals surface area (Å²) in [5.41, 5.74) is 4.28. The summed E-state index contributed by atoms with van der Waals surface area (Å²) in [6, 6.07) is 12.8. The molecule has 32 heavy (non-hydrogen) atoms. The molecule has 0 bridgehead atoms. The summed E-state index contributed by atoms with van der Waals surface area (Å²) in [6.07, 6.45) is 1.80. The highest BCUT2D eigenvalue weighted by Gasteiger charge is 2.33. The molecule has 1 saturated heterocycles. The Bertz CT molecular complexity index is 1290. The Morgan fingerprint density at radius 2 is 1.81 bits per heavy atom. The van der Waals surface area contributed by atoms with Crippen molar-refractivity contribution in [1.82, 2.24) is 19.9 Å². The second kappa shape index (κ2) is 8.12. The first-order chi connectivity index (χ1) is 15.5. The molecule has 0 aliphatic carbocycles. The Kier molecular flexibility index (Phi) is 5.14. The Labute approximate surface area is 185 Å². The molecule has 2 aromatic carbocycles. The minimum absolute atomic E-state index is 0.613.